The molecule has 2 aromatic carbocycles. The number of nitrogens with zero attached hydrogens (tertiary/aromatic N) is 2. The van der Waals surface area contributed by atoms with Gasteiger partial charge < -0.3 is 4.90 Å². The van der Waals surface area contributed by atoms with Crippen molar-refractivity contribution in [1.82, 2.24) is 4.90 Å². The first kappa shape index (κ1) is 20.1. The molecule has 0 radical (unpaired) electrons. The van der Waals surface area contributed by atoms with Crippen molar-refractivity contribution in [1.29, 1.82) is 0 Å². The van der Waals surface area contributed by atoms with E-state index in [1.165, 1.54) is 29.0 Å². The summed E-state index contributed by atoms with van der Waals surface area (Å²) in [4.78, 5) is 18.2. The van der Waals surface area contributed by atoms with Crippen LogP contribution in [0, 0.1) is 5.82 Å². The summed E-state index contributed by atoms with van der Waals surface area (Å²) in [5, 5.41) is 2.65. The van der Waals surface area contributed by atoms with Gasteiger partial charge in [0.1, 0.15) is 5.82 Å². The van der Waals surface area contributed by atoms with Crippen molar-refractivity contribution in [2.75, 3.05) is 18.0 Å². The minimum atomic E-state index is -0.296. The number of halogens is 2. The predicted molar refractivity (Wildman–Crippen MR) is 117 cm³/mol. The Morgan fingerprint density at radius 3 is 2.38 bits per heavy atom. The van der Waals surface area contributed by atoms with Crippen LogP contribution in [-0.2, 0) is 6.54 Å². The molecule has 0 aliphatic carbocycles. The molecule has 0 spiro atoms. The van der Waals surface area contributed by atoms with Crippen LogP contribution in [0.3, 0.4) is 0 Å². The minimum absolute atomic E-state index is 0.0113. The Morgan fingerprint density at radius 1 is 1.07 bits per heavy atom. The zero-order chi connectivity index (χ0) is 20.2. The number of carbonyl (C=O) groups is 1. The van der Waals surface area contributed by atoms with Gasteiger partial charge in [0.2, 0.25) is 0 Å². The SMILES string of the molecule is O=C(c1cccs1)N(c1ccc(F)cc1)C1CCN(Cc2ccc(Cl)cc2)CC1. The van der Waals surface area contributed by atoms with Gasteiger partial charge >= 0.3 is 0 Å². The zero-order valence-corrected chi connectivity index (χ0v) is 17.5. The largest absolute Gasteiger partial charge is 0.305 e. The number of hydrogen-bond donors (Lipinski definition) is 0. The van der Waals surface area contributed by atoms with Crippen molar-refractivity contribution < 1.29 is 9.18 Å². The van der Waals surface area contributed by atoms with E-state index < -0.39 is 0 Å². The zero-order valence-electron chi connectivity index (χ0n) is 15.9. The van der Waals surface area contributed by atoms with E-state index in [1.54, 1.807) is 12.1 Å². The molecule has 29 heavy (non-hydrogen) atoms. The molecule has 1 saturated heterocycles. The first-order valence-electron chi connectivity index (χ1n) is 9.69. The lowest BCUT2D eigenvalue weighted by Gasteiger charge is -2.38. The van der Waals surface area contributed by atoms with E-state index in [4.69, 9.17) is 11.6 Å². The van der Waals surface area contributed by atoms with Crippen LogP contribution in [0.1, 0.15) is 28.1 Å². The van der Waals surface area contributed by atoms with Gasteiger partial charge in [0, 0.05) is 36.4 Å². The normalized spacial score (nSPS) is 15.4. The van der Waals surface area contributed by atoms with Crippen molar-refractivity contribution in [3.8, 4) is 0 Å². The fourth-order valence-electron chi connectivity index (χ4n) is 3.80. The maximum Gasteiger partial charge on any atom is 0.268 e. The second-order valence-corrected chi connectivity index (χ2v) is 8.65. The third-order valence-electron chi connectivity index (χ3n) is 5.30. The lowest BCUT2D eigenvalue weighted by atomic mass is 10.0. The van der Waals surface area contributed by atoms with E-state index in [0.29, 0.717) is 4.88 Å². The summed E-state index contributed by atoms with van der Waals surface area (Å²) in [7, 11) is 0. The highest BCUT2D eigenvalue weighted by Crippen LogP contribution is 2.28. The second-order valence-electron chi connectivity index (χ2n) is 7.26. The summed E-state index contributed by atoms with van der Waals surface area (Å²) in [6.45, 7) is 2.69. The molecule has 1 fully saturated rings. The van der Waals surface area contributed by atoms with Crippen LogP contribution in [-0.4, -0.2) is 29.9 Å². The molecule has 6 heteroatoms. The van der Waals surface area contributed by atoms with Crippen LogP contribution in [0.2, 0.25) is 5.02 Å². The molecular weight excluding hydrogens is 407 g/mol. The van der Waals surface area contributed by atoms with Gasteiger partial charge in [-0.15, -0.1) is 11.3 Å². The Morgan fingerprint density at radius 2 is 1.76 bits per heavy atom. The van der Waals surface area contributed by atoms with Gasteiger partial charge in [-0.25, -0.2) is 4.39 Å². The standard InChI is InChI=1S/C23H22ClFN2OS/c24-18-5-3-17(4-6-18)16-26-13-11-21(12-14-26)27(20-9-7-19(25)8-10-20)23(28)22-2-1-15-29-22/h1-10,15,21H,11-14,16H2. The molecule has 3 aromatic rings. The van der Waals surface area contributed by atoms with Gasteiger partial charge in [-0.05, 0) is 66.2 Å². The predicted octanol–water partition coefficient (Wildman–Crippen LogP) is 5.85. The van der Waals surface area contributed by atoms with Crippen LogP contribution in [0.4, 0.5) is 10.1 Å². The van der Waals surface area contributed by atoms with Crippen LogP contribution in [0.25, 0.3) is 0 Å². The maximum atomic E-state index is 13.4. The lowest BCUT2D eigenvalue weighted by Crippen LogP contribution is -2.47. The second kappa shape index (κ2) is 9.08. The Kier molecular flexibility index (Phi) is 6.28. The topological polar surface area (TPSA) is 23.6 Å². The van der Waals surface area contributed by atoms with E-state index in [1.807, 2.05) is 34.5 Å². The molecule has 0 bridgehead atoms. The smallest absolute Gasteiger partial charge is 0.268 e. The van der Waals surface area contributed by atoms with Gasteiger partial charge in [0.15, 0.2) is 0 Å². The van der Waals surface area contributed by atoms with Crippen molar-refractivity contribution in [3.05, 3.63) is 87.3 Å². The van der Waals surface area contributed by atoms with E-state index in [2.05, 4.69) is 17.0 Å². The van der Waals surface area contributed by atoms with Gasteiger partial charge in [0.05, 0.1) is 4.88 Å². The monoisotopic (exact) mass is 428 g/mol. The molecular formula is C23H22ClFN2OS. The number of thiophene rings is 1. The summed E-state index contributed by atoms with van der Waals surface area (Å²) < 4.78 is 13.4. The minimum Gasteiger partial charge on any atom is -0.305 e. The number of anilines is 1. The summed E-state index contributed by atoms with van der Waals surface area (Å²) >= 11 is 7.41. The average molecular weight is 429 g/mol. The lowest BCUT2D eigenvalue weighted by molar-refractivity contribution is 0.0962. The third kappa shape index (κ3) is 4.86. The van der Waals surface area contributed by atoms with Crippen LogP contribution >= 0.6 is 22.9 Å². The summed E-state index contributed by atoms with van der Waals surface area (Å²) in [6.07, 6.45) is 1.75. The molecule has 0 unspecified atom stereocenters. The first-order chi connectivity index (χ1) is 14.1. The number of hydrogen-bond acceptors (Lipinski definition) is 3. The summed E-state index contributed by atoms with van der Waals surface area (Å²) in [6, 6.07) is 18.0. The number of piperidine rings is 1. The molecule has 1 aliphatic rings. The molecule has 1 aliphatic heterocycles. The molecule has 1 aromatic heterocycles. The number of likely N-dealkylation sites (tertiary alicyclic amines) is 1. The van der Waals surface area contributed by atoms with E-state index in [0.717, 1.165) is 43.2 Å². The number of rotatable bonds is 5. The average Bonchev–Trinajstić information content (AvgIpc) is 3.27. The fourth-order valence-corrected chi connectivity index (χ4v) is 4.58. The Bertz CT molecular complexity index is 936. The molecule has 4 rings (SSSR count). The molecule has 0 saturated carbocycles. The van der Waals surface area contributed by atoms with Gasteiger partial charge in [0.25, 0.3) is 5.91 Å². The van der Waals surface area contributed by atoms with E-state index >= 15 is 0 Å². The number of benzene rings is 2. The number of carbonyl (C=O) groups excluding carboxylic acids is 1. The maximum absolute atomic E-state index is 13.4. The Labute approximate surface area is 179 Å². The highest BCUT2D eigenvalue weighted by molar-refractivity contribution is 7.12. The molecule has 2 heterocycles. The van der Waals surface area contributed by atoms with Gasteiger partial charge in [-0.2, -0.15) is 0 Å². The van der Waals surface area contributed by atoms with Crippen molar-refractivity contribution in [3.63, 3.8) is 0 Å². The van der Waals surface area contributed by atoms with Crippen molar-refractivity contribution in [2.45, 2.75) is 25.4 Å². The molecule has 1 amide bonds. The van der Waals surface area contributed by atoms with E-state index in [9.17, 15) is 9.18 Å². The van der Waals surface area contributed by atoms with Crippen LogP contribution in [0.5, 0.6) is 0 Å². The van der Waals surface area contributed by atoms with Gasteiger partial charge in [-0.1, -0.05) is 29.8 Å². The molecule has 0 atom stereocenters. The van der Waals surface area contributed by atoms with Gasteiger partial charge in [-0.3, -0.25) is 9.69 Å². The highest BCUT2D eigenvalue weighted by Gasteiger charge is 2.30. The van der Waals surface area contributed by atoms with Crippen molar-refractivity contribution >= 4 is 34.5 Å². The van der Waals surface area contributed by atoms with Crippen molar-refractivity contribution in [2.24, 2.45) is 0 Å². The Balaban J connectivity index is 1.48. The fraction of sp³-hybridized carbons (Fsp3) is 0.261. The number of amides is 1. The quantitative estimate of drug-likeness (QED) is 0.508. The molecule has 150 valence electrons. The molecule has 3 nitrogen and oxygen atoms in total. The third-order valence-corrected chi connectivity index (χ3v) is 6.41. The summed E-state index contributed by atoms with van der Waals surface area (Å²) in [5.74, 6) is -0.308. The molecule has 0 N–H and O–H groups in total. The highest BCUT2D eigenvalue weighted by atomic mass is 35.5. The Hall–Kier alpha value is -2.21. The van der Waals surface area contributed by atoms with E-state index in [-0.39, 0.29) is 17.8 Å². The van der Waals surface area contributed by atoms with Crippen LogP contribution < -0.4 is 4.90 Å². The van der Waals surface area contributed by atoms with Crippen LogP contribution in [0.15, 0.2) is 66.0 Å². The summed E-state index contributed by atoms with van der Waals surface area (Å²) in [5.41, 5.74) is 1.99. The first-order valence-corrected chi connectivity index (χ1v) is 11.0.